The molecule has 26 heavy (non-hydrogen) atoms. The van der Waals surface area contributed by atoms with Gasteiger partial charge in [-0.2, -0.15) is 18.4 Å². The normalized spacial score (nSPS) is 11.2. The Kier molecular flexibility index (Phi) is 4.94. The second-order valence-corrected chi connectivity index (χ2v) is 5.58. The Morgan fingerprint density at radius 2 is 1.92 bits per heavy atom. The maximum atomic E-state index is 12.3. The molecular weight excluding hydrogens is 343 g/mol. The number of alkyl halides is 3. The number of fused-ring (bicyclic) bond motifs is 1. The fourth-order valence-electron chi connectivity index (χ4n) is 2.52. The van der Waals surface area contributed by atoms with Crippen LogP contribution in [0.25, 0.3) is 10.9 Å². The van der Waals surface area contributed by atoms with Gasteiger partial charge in [0.25, 0.3) is 0 Å². The van der Waals surface area contributed by atoms with Crippen LogP contribution in [0.15, 0.2) is 54.7 Å². The minimum atomic E-state index is -4.38. The SMILES string of the molecule is N#Cc1cnc2ccccc2c1NCc1cccc(OCC(F)(F)F)c1. The minimum absolute atomic E-state index is 0.140. The number of benzene rings is 2. The molecule has 0 atom stereocenters. The molecule has 132 valence electrons. The van der Waals surface area contributed by atoms with Crippen molar-refractivity contribution in [2.75, 3.05) is 11.9 Å². The highest BCUT2D eigenvalue weighted by Gasteiger charge is 2.28. The Labute approximate surface area is 147 Å². The number of nitrogens with zero attached hydrogens (tertiary/aromatic N) is 2. The van der Waals surface area contributed by atoms with Crippen LogP contribution in [0.2, 0.25) is 0 Å². The minimum Gasteiger partial charge on any atom is -0.484 e. The van der Waals surface area contributed by atoms with Crippen LogP contribution in [0.3, 0.4) is 0 Å². The lowest BCUT2D eigenvalue weighted by Gasteiger charge is -2.13. The quantitative estimate of drug-likeness (QED) is 0.722. The molecule has 0 aliphatic rings. The van der Waals surface area contributed by atoms with Crippen LogP contribution >= 0.6 is 0 Å². The summed E-state index contributed by atoms with van der Waals surface area (Å²) < 4.78 is 41.6. The standard InChI is InChI=1S/C19H14F3N3O/c20-19(21,22)12-26-15-5-3-4-13(8-15)10-25-18-14(9-23)11-24-17-7-2-1-6-16(17)18/h1-8,11H,10,12H2,(H,24,25). The van der Waals surface area contributed by atoms with Gasteiger partial charge in [-0.25, -0.2) is 0 Å². The Bertz CT molecular complexity index is 964. The average Bonchev–Trinajstić information content (AvgIpc) is 2.64. The van der Waals surface area contributed by atoms with Crippen LogP contribution in [0.4, 0.5) is 18.9 Å². The highest BCUT2D eigenvalue weighted by atomic mass is 19.4. The van der Waals surface area contributed by atoms with E-state index in [-0.39, 0.29) is 5.75 Å². The number of nitrogens with one attached hydrogen (secondary N) is 1. The van der Waals surface area contributed by atoms with Crippen molar-refractivity contribution in [1.82, 2.24) is 4.98 Å². The van der Waals surface area contributed by atoms with Gasteiger partial charge >= 0.3 is 6.18 Å². The van der Waals surface area contributed by atoms with Crippen molar-refractivity contribution in [3.63, 3.8) is 0 Å². The van der Waals surface area contributed by atoms with E-state index in [1.807, 2.05) is 24.3 Å². The van der Waals surface area contributed by atoms with Crippen molar-refractivity contribution in [1.29, 1.82) is 5.26 Å². The summed E-state index contributed by atoms with van der Waals surface area (Å²) in [5.74, 6) is 0.140. The predicted molar refractivity (Wildman–Crippen MR) is 91.8 cm³/mol. The Hall–Kier alpha value is -3.27. The number of hydrogen-bond acceptors (Lipinski definition) is 4. The summed E-state index contributed by atoms with van der Waals surface area (Å²) in [5, 5.41) is 13.3. The van der Waals surface area contributed by atoms with Gasteiger partial charge in [-0.1, -0.05) is 30.3 Å². The molecule has 2 aromatic carbocycles. The largest absolute Gasteiger partial charge is 0.484 e. The lowest BCUT2D eigenvalue weighted by atomic mass is 10.1. The molecule has 1 heterocycles. The molecule has 0 aliphatic carbocycles. The van der Waals surface area contributed by atoms with Gasteiger partial charge in [-0.05, 0) is 23.8 Å². The molecule has 0 fully saturated rings. The number of aromatic nitrogens is 1. The zero-order valence-corrected chi connectivity index (χ0v) is 13.5. The molecule has 0 saturated carbocycles. The van der Waals surface area contributed by atoms with Crippen molar-refractivity contribution in [3.05, 3.63) is 65.9 Å². The van der Waals surface area contributed by atoms with E-state index in [4.69, 9.17) is 4.74 Å². The van der Waals surface area contributed by atoms with Crippen LogP contribution < -0.4 is 10.1 Å². The van der Waals surface area contributed by atoms with Gasteiger partial charge in [0, 0.05) is 18.1 Å². The lowest BCUT2D eigenvalue weighted by Crippen LogP contribution is -2.19. The lowest BCUT2D eigenvalue weighted by molar-refractivity contribution is -0.153. The second-order valence-electron chi connectivity index (χ2n) is 5.58. The molecule has 4 nitrogen and oxygen atoms in total. The molecule has 0 spiro atoms. The fraction of sp³-hybridized carbons (Fsp3) is 0.158. The van der Waals surface area contributed by atoms with Crippen molar-refractivity contribution in [3.8, 4) is 11.8 Å². The summed E-state index contributed by atoms with van der Waals surface area (Å²) in [7, 11) is 0. The summed E-state index contributed by atoms with van der Waals surface area (Å²) >= 11 is 0. The molecule has 0 radical (unpaired) electrons. The highest BCUT2D eigenvalue weighted by molar-refractivity contribution is 5.93. The van der Waals surface area contributed by atoms with Gasteiger partial charge in [0.05, 0.1) is 16.8 Å². The Morgan fingerprint density at radius 1 is 1.12 bits per heavy atom. The molecule has 0 aliphatic heterocycles. The van der Waals surface area contributed by atoms with Crippen LogP contribution in [0, 0.1) is 11.3 Å². The number of pyridine rings is 1. The molecule has 0 unspecified atom stereocenters. The molecule has 3 aromatic rings. The number of nitriles is 1. The Balaban J connectivity index is 1.79. The van der Waals surface area contributed by atoms with E-state index in [1.54, 1.807) is 12.1 Å². The van der Waals surface area contributed by atoms with Gasteiger partial charge in [-0.15, -0.1) is 0 Å². The van der Waals surface area contributed by atoms with E-state index in [2.05, 4.69) is 16.4 Å². The summed E-state index contributed by atoms with van der Waals surface area (Å²) in [4.78, 5) is 4.24. The first-order chi connectivity index (χ1) is 12.5. The molecule has 0 amide bonds. The van der Waals surface area contributed by atoms with Crippen molar-refractivity contribution < 1.29 is 17.9 Å². The van der Waals surface area contributed by atoms with Crippen LogP contribution in [0.5, 0.6) is 5.75 Å². The number of hydrogen-bond donors (Lipinski definition) is 1. The van der Waals surface area contributed by atoms with Crippen LogP contribution in [0.1, 0.15) is 11.1 Å². The third-order valence-corrected chi connectivity index (χ3v) is 3.67. The zero-order valence-electron chi connectivity index (χ0n) is 13.5. The number of ether oxygens (including phenoxy) is 1. The third-order valence-electron chi connectivity index (χ3n) is 3.67. The van der Waals surface area contributed by atoms with Crippen LogP contribution in [-0.2, 0) is 6.54 Å². The molecule has 1 aromatic heterocycles. The van der Waals surface area contributed by atoms with E-state index < -0.39 is 12.8 Å². The van der Waals surface area contributed by atoms with Gasteiger partial charge in [0.2, 0.25) is 0 Å². The smallest absolute Gasteiger partial charge is 0.422 e. The van der Waals surface area contributed by atoms with Gasteiger partial charge in [0.1, 0.15) is 11.8 Å². The molecule has 0 saturated heterocycles. The average molecular weight is 357 g/mol. The zero-order chi connectivity index (χ0) is 18.6. The summed E-state index contributed by atoms with van der Waals surface area (Å²) in [6.45, 7) is -1.01. The second kappa shape index (κ2) is 7.31. The number of para-hydroxylation sites is 1. The van der Waals surface area contributed by atoms with Crippen molar-refractivity contribution >= 4 is 16.6 Å². The van der Waals surface area contributed by atoms with E-state index in [1.165, 1.54) is 18.3 Å². The van der Waals surface area contributed by atoms with Gasteiger partial charge < -0.3 is 10.1 Å². The number of anilines is 1. The molecule has 7 heteroatoms. The van der Waals surface area contributed by atoms with E-state index in [9.17, 15) is 18.4 Å². The van der Waals surface area contributed by atoms with E-state index in [0.717, 1.165) is 16.5 Å². The molecule has 3 rings (SSSR count). The predicted octanol–water partition coefficient (Wildman–Crippen LogP) is 4.66. The van der Waals surface area contributed by atoms with Crippen molar-refractivity contribution in [2.24, 2.45) is 0 Å². The first-order valence-corrected chi connectivity index (χ1v) is 7.76. The van der Waals surface area contributed by atoms with E-state index >= 15 is 0 Å². The third kappa shape index (κ3) is 4.22. The number of rotatable bonds is 5. The molecular formula is C19H14F3N3O. The first-order valence-electron chi connectivity index (χ1n) is 7.76. The van der Waals surface area contributed by atoms with E-state index in [0.29, 0.717) is 17.8 Å². The maximum absolute atomic E-state index is 12.3. The topological polar surface area (TPSA) is 57.9 Å². The fourth-order valence-corrected chi connectivity index (χ4v) is 2.52. The summed E-state index contributed by atoms with van der Waals surface area (Å²) in [5.41, 5.74) is 2.51. The molecule has 0 bridgehead atoms. The van der Waals surface area contributed by atoms with Gasteiger partial charge in [0.15, 0.2) is 6.61 Å². The number of halogens is 3. The summed E-state index contributed by atoms with van der Waals surface area (Å²) in [6, 6.07) is 15.9. The maximum Gasteiger partial charge on any atom is 0.422 e. The van der Waals surface area contributed by atoms with Crippen LogP contribution in [-0.4, -0.2) is 17.8 Å². The molecule has 1 N–H and O–H groups in total. The summed E-state index contributed by atoms with van der Waals surface area (Å²) in [6.07, 6.45) is -2.89. The highest BCUT2D eigenvalue weighted by Crippen LogP contribution is 2.26. The van der Waals surface area contributed by atoms with Crippen molar-refractivity contribution in [2.45, 2.75) is 12.7 Å². The monoisotopic (exact) mass is 357 g/mol. The Morgan fingerprint density at radius 3 is 2.69 bits per heavy atom. The first kappa shape index (κ1) is 17.5. The van der Waals surface area contributed by atoms with Gasteiger partial charge in [-0.3, -0.25) is 4.98 Å².